The highest BCUT2D eigenvalue weighted by Crippen LogP contribution is 2.51. The second-order valence-electron chi connectivity index (χ2n) is 6.38. The normalized spacial score (nSPS) is 12.6. The average Bonchev–Trinajstić information content (AvgIpc) is 2.65. The predicted molar refractivity (Wildman–Crippen MR) is 110 cm³/mol. The minimum atomic E-state index is -3.34. The van der Waals surface area contributed by atoms with E-state index in [1.807, 2.05) is 25.1 Å². The first kappa shape index (κ1) is 22.2. The smallest absolute Gasteiger partial charge is 0.333 e. The van der Waals surface area contributed by atoms with Crippen LogP contribution in [0.4, 0.5) is 5.69 Å². The summed E-state index contributed by atoms with van der Waals surface area (Å²) in [6.07, 6.45) is 1.80. The van der Waals surface area contributed by atoms with Crippen LogP contribution in [-0.4, -0.2) is 36.6 Å². The molecule has 154 valence electrons. The molecule has 0 spiro atoms. The van der Waals surface area contributed by atoms with E-state index in [0.717, 1.165) is 11.4 Å². The molecule has 0 saturated heterocycles. The van der Waals surface area contributed by atoms with Gasteiger partial charge < -0.3 is 24.2 Å². The van der Waals surface area contributed by atoms with Crippen molar-refractivity contribution in [2.45, 2.75) is 33.7 Å². The van der Waals surface area contributed by atoms with E-state index in [2.05, 4.69) is 10.3 Å². The third-order valence-electron chi connectivity index (χ3n) is 4.29. The number of phenolic OH excluding ortho intramolecular Hbond substituents is 1. The zero-order valence-corrected chi connectivity index (χ0v) is 18.0. The Bertz CT molecular complexity index is 816. The average molecular weight is 408 g/mol. The Kier molecular flexibility index (Phi) is 7.87. The van der Waals surface area contributed by atoms with E-state index in [1.165, 1.54) is 0 Å². The molecule has 28 heavy (non-hydrogen) atoms. The summed E-state index contributed by atoms with van der Waals surface area (Å²) in [4.78, 5) is 4.29. The zero-order valence-electron chi connectivity index (χ0n) is 17.1. The van der Waals surface area contributed by atoms with Crippen LogP contribution in [0.2, 0.25) is 0 Å². The van der Waals surface area contributed by atoms with Crippen LogP contribution < -0.4 is 10.1 Å². The molecule has 0 bridgehead atoms. The summed E-state index contributed by atoms with van der Waals surface area (Å²) >= 11 is 0. The molecule has 0 aliphatic heterocycles. The number of aryl methyl sites for hydroxylation is 1. The molecule has 2 aromatic rings. The molecule has 1 unspecified atom stereocenters. The number of pyridine rings is 1. The van der Waals surface area contributed by atoms with Gasteiger partial charge in [0.1, 0.15) is 11.5 Å². The minimum absolute atomic E-state index is 0.0915. The van der Waals surface area contributed by atoms with Crippen LogP contribution in [0.25, 0.3) is 0 Å². The Hall–Kier alpha value is -2.08. The number of benzene rings is 1. The fourth-order valence-electron chi connectivity index (χ4n) is 2.86. The first-order valence-electron chi connectivity index (χ1n) is 9.26. The highest BCUT2D eigenvalue weighted by Gasteiger charge is 2.30. The van der Waals surface area contributed by atoms with Crippen LogP contribution in [-0.2, 0) is 13.6 Å². The zero-order chi connectivity index (χ0) is 20.7. The largest absolute Gasteiger partial charge is 0.508 e. The van der Waals surface area contributed by atoms with Crippen molar-refractivity contribution in [3.05, 3.63) is 47.3 Å². The van der Waals surface area contributed by atoms with Crippen LogP contribution in [0, 0.1) is 13.8 Å². The second-order valence-corrected chi connectivity index (χ2v) is 8.48. The standard InChI is InChI=1S/C20H29N2O5P/c1-6-26-28(24,27-7-2)13-18(22-17-9-8-14(3)21-12-17)16-10-19(23)15(4)20(11-16)25-5/h8-12,18,22-23H,6-7,13H2,1-5H3. The van der Waals surface area contributed by atoms with Crippen molar-refractivity contribution in [2.75, 3.05) is 31.8 Å². The maximum Gasteiger partial charge on any atom is 0.333 e. The molecule has 1 heterocycles. The highest BCUT2D eigenvalue weighted by molar-refractivity contribution is 7.53. The van der Waals surface area contributed by atoms with Crippen LogP contribution in [0.1, 0.15) is 36.7 Å². The molecule has 0 saturated carbocycles. The number of methoxy groups -OCH3 is 1. The molecule has 0 aliphatic rings. The molecule has 2 N–H and O–H groups in total. The van der Waals surface area contributed by atoms with E-state index >= 15 is 0 Å². The van der Waals surface area contributed by atoms with Crippen molar-refractivity contribution in [1.82, 2.24) is 4.98 Å². The maximum atomic E-state index is 13.2. The monoisotopic (exact) mass is 408 g/mol. The van der Waals surface area contributed by atoms with E-state index in [0.29, 0.717) is 16.9 Å². The van der Waals surface area contributed by atoms with Gasteiger partial charge in [-0.3, -0.25) is 9.55 Å². The number of aromatic nitrogens is 1. The SMILES string of the molecule is CCOP(=O)(CC(Nc1ccc(C)nc1)c1cc(O)c(C)c(OC)c1)OCC. The summed E-state index contributed by atoms with van der Waals surface area (Å²) in [7, 11) is -1.80. The maximum absolute atomic E-state index is 13.2. The van der Waals surface area contributed by atoms with Crippen molar-refractivity contribution in [3.63, 3.8) is 0 Å². The van der Waals surface area contributed by atoms with Crippen molar-refractivity contribution < 1.29 is 23.5 Å². The van der Waals surface area contributed by atoms with E-state index in [1.54, 1.807) is 40.1 Å². The van der Waals surface area contributed by atoms with Gasteiger partial charge in [-0.1, -0.05) is 0 Å². The molecular formula is C20H29N2O5P. The molecule has 1 atom stereocenters. The number of rotatable bonds is 10. The molecule has 2 rings (SSSR count). The van der Waals surface area contributed by atoms with Gasteiger partial charge in [0.25, 0.3) is 0 Å². The Morgan fingerprint density at radius 3 is 2.39 bits per heavy atom. The fourth-order valence-corrected chi connectivity index (χ4v) is 4.68. The van der Waals surface area contributed by atoms with Gasteiger partial charge >= 0.3 is 7.60 Å². The first-order chi connectivity index (χ1) is 13.3. The summed E-state index contributed by atoms with van der Waals surface area (Å²) in [6.45, 7) is 7.78. The number of nitrogens with one attached hydrogen (secondary N) is 1. The van der Waals surface area contributed by atoms with Crippen LogP contribution in [0.3, 0.4) is 0 Å². The van der Waals surface area contributed by atoms with E-state index in [4.69, 9.17) is 13.8 Å². The Morgan fingerprint density at radius 2 is 1.86 bits per heavy atom. The molecule has 0 radical (unpaired) electrons. The second kappa shape index (κ2) is 9.92. The molecule has 0 amide bonds. The number of hydrogen-bond acceptors (Lipinski definition) is 7. The van der Waals surface area contributed by atoms with Crippen LogP contribution in [0.15, 0.2) is 30.5 Å². The third kappa shape index (κ3) is 5.71. The van der Waals surface area contributed by atoms with Crippen LogP contribution in [0.5, 0.6) is 11.5 Å². The van der Waals surface area contributed by atoms with Crippen molar-refractivity contribution >= 4 is 13.3 Å². The van der Waals surface area contributed by atoms with Gasteiger partial charge in [-0.25, -0.2) is 0 Å². The molecular weight excluding hydrogens is 379 g/mol. The Morgan fingerprint density at radius 1 is 1.18 bits per heavy atom. The van der Waals surface area contributed by atoms with Crippen molar-refractivity contribution in [1.29, 1.82) is 0 Å². The molecule has 0 aliphatic carbocycles. The van der Waals surface area contributed by atoms with Gasteiger partial charge in [0.2, 0.25) is 0 Å². The first-order valence-corrected chi connectivity index (χ1v) is 11.0. The fraction of sp³-hybridized carbons (Fsp3) is 0.450. The number of ether oxygens (including phenoxy) is 1. The lowest BCUT2D eigenvalue weighted by Gasteiger charge is -2.26. The van der Waals surface area contributed by atoms with Gasteiger partial charge in [0.15, 0.2) is 0 Å². The summed E-state index contributed by atoms with van der Waals surface area (Å²) in [5, 5.41) is 13.6. The van der Waals surface area contributed by atoms with E-state index < -0.39 is 13.6 Å². The molecule has 0 fully saturated rings. The van der Waals surface area contributed by atoms with Gasteiger partial charge in [-0.05, 0) is 57.5 Å². The summed E-state index contributed by atoms with van der Waals surface area (Å²) in [5.74, 6) is 0.650. The Labute approximate surface area is 166 Å². The predicted octanol–water partition coefficient (Wildman–Crippen LogP) is 4.83. The van der Waals surface area contributed by atoms with E-state index in [9.17, 15) is 9.67 Å². The molecule has 7 nitrogen and oxygen atoms in total. The quantitative estimate of drug-likeness (QED) is 0.544. The van der Waals surface area contributed by atoms with Gasteiger partial charge in [-0.15, -0.1) is 0 Å². The van der Waals surface area contributed by atoms with Crippen LogP contribution >= 0.6 is 7.60 Å². The minimum Gasteiger partial charge on any atom is -0.508 e. The van der Waals surface area contributed by atoms with Gasteiger partial charge in [-0.2, -0.15) is 0 Å². The lowest BCUT2D eigenvalue weighted by atomic mass is 10.0. The number of nitrogens with zero attached hydrogens (tertiary/aromatic N) is 1. The van der Waals surface area contributed by atoms with Gasteiger partial charge in [0.05, 0.1) is 44.4 Å². The number of phenols is 1. The molecule has 1 aromatic heterocycles. The summed E-state index contributed by atoms with van der Waals surface area (Å²) in [6, 6.07) is 6.79. The highest BCUT2D eigenvalue weighted by atomic mass is 31.2. The number of aromatic hydroxyl groups is 1. The lowest BCUT2D eigenvalue weighted by Crippen LogP contribution is -2.18. The summed E-state index contributed by atoms with van der Waals surface area (Å²) in [5.41, 5.74) is 3.00. The van der Waals surface area contributed by atoms with E-state index in [-0.39, 0.29) is 25.1 Å². The summed E-state index contributed by atoms with van der Waals surface area (Å²) < 4.78 is 29.5. The Balaban J connectivity index is 2.44. The number of anilines is 1. The topological polar surface area (TPSA) is 89.9 Å². The molecule has 1 aromatic carbocycles. The van der Waals surface area contributed by atoms with Crippen molar-refractivity contribution in [2.24, 2.45) is 0 Å². The van der Waals surface area contributed by atoms with Crippen molar-refractivity contribution in [3.8, 4) is 11.5 Å². The molecule has 8 heteroatoms. The third-order valence-corrected chi connectivity index (χ3v) is 6.40. The number of hydrogen-bond donors (Lipinski definition) is 2. The van der Waals surface area contributed by atoms with Gasteiger partial charge in [0, 0.05) is 11.3 Å². The lowest BCUT2D eigenvalue weighted by molar-refractivity contribution is 0.219.